The number of hydrogen-bond donors (Lipinski definition) is 0. The largest absolute Gasteiger partial charge is 0.453 e. The SMILES string of the molecule is N#Cc1c[c]ccc1Oc1cccc(F)c1F. The topological polar surface area (TPSA) is 33.0 Å². The zero-order valence-corrected chi connectivity index (χ0v) is 8.58. The van der Waals surface area contributed by atoms with Gasteiger partial charge in [-0.15, -0.1) is 0 Å². The van der Waals surface area contributed by atoms with Gasteiger partial charge in [-0.1, -0.05) is 12.1 Å². The molecule has 1 radical (unpaired) electrons. The van der Waals surface area contributed by atoms with Crippen molar-refractivity contribution in [2.24, 2.45) is 0 Å². The van der Waals surface area contributed by atoms with Gasteiger partial charge in [0.1, 0.15) is 11.8 Å². The molecule has 0 saturated carbocycles. The van der Waals surface area contributed by atoms with Gasteiger partial charge in [0, 0.05) is 0 Å². The van der Waals surface area contributed by atoms with Crippen molar-refractivity contribution >= 4 is 0 Å². The molecule has 2 rings (SSSR count). The van der Waals surface area contributed by atoms with E-state index in [0.717, 1.165) is 6.07 Å². The van der Waals surface area contributed by atoms with Gasteiger partial charge in [0.25, 0.3) is 0 Å². The van der Waals surface area contributed by atoms with E-state index in [2.05, 4.69) is 6.07 Å². The summed E-state index contributed by atoms with van der Waals surface area (Å²) in [6.45, 7) is 0. The van der Waals surface area contributed by atoms with Crippen molar-refractivity contribution in [3.05, 3.63) is 59.7 Å². The van der Waals surface area contributed by atoms with Crippen LogP contribution >= 0.6 is 0 Å². The third kappa shape index (κ3) is 2.23. The molecule has 0 fully saturated rings. The maximum atomic E-state index is 13.3. The van der Waals surface area contributed by atoms with Gasteiger partial charge in [0.15, 0.2) is 11.6 Å². The second-order valence-electron chi connectivity index (χ2n) is 3.19. The fourth-order valence-corrected chi connectivity index (χ4v) is 1.27. The summed E-state index contributed by atoms with van der Waals surface area (Å²) in [7, 11) is 0. The van der Waals surface area contributed by atoms with Gasteiger partial charge in [0.2, 0.25) is 5.82 Å². The van der Waals surface area contributed by atoms with Crippen LogP contribution in [0.4, 0.5) is 8.78 Å². The Hall–Kier alpha value is -2.41. The molecule has 17 heavy (non-hydrogen) atoms. The summed E-state index contributed by atoms with van der Waals surface area (Å²) in [6, 6.07) is 12.6. The lowest BCUT2D eigenvalue weighted by Crippen LogP contribution is -1.93. The van der Waals surface area contributed by atoms with E-state index in [9.17, 15) is 8.78 Å². The second-order valence-corrected chi connectivity index (χ2v) is 3.19. The van der Waals surface area contributed by atoms with E-state index in [4.69, 9.17) is 10.00 Å². The Bertz CT molecular complexity index is 590. The molecule has 0 saturated heterocycles. The Kier molecular flexibility index (Phi) is 3.01. The van der Waals surface area contributed by atoms with E-state index in [1.54, 1.807) is 0 Å². The lowest BCUT2D eigenvalue weighted by atomic mass is 10.2. The molecule has 0 aliphatic rings. The van der Waals surface area contributed by atoms with Crippen LogP contribution in [0, 0.1) is 29.0 Å². The average Bonchev–Trinajstić information content (AvgIpc) is 2.35. The summed E-state index contributed by atoms with van der Waals surface area (Å²) in [4.78, 5) is 0. The number of hydrogen-bond acceptors (Lipinski definition) is 2. The van der Waals surface area contributed by atoms with Crippen LogP contribution in [0.25, 0.3) is 0 Å². The van der Waals surface area contributed by atoms with Crippen molar-refractivity contribution in [1.29, 1.82) is 5.26 Å². The van der Waals surface area contributed by atoms with Crippen molar-refractivity contribution in [2.45, 2.75) is 0 Å². The highest BCUT2D eigenvalue weighted by molar-refractivity contribution is 5.44. The van der Waals surface area contributed by atoms with Crippen molar-refractivity contribution < 1.29 is 13.5 Å². The summed E-state index contributed by atoms with van der Waals surface area (Å²) in [5.41, 5.74) is 0.205. The first kappa shape index (κ1) is 11.1. The molecule has 0 heterocycles. The van der Waals surface area contributed by atoms with Crippen molar-refractivity contribution in [2.75, 3.05) is 0 Å². The molecule has 0 amide bonds. The van der Waals surface area contributed by atoms with E-state index in [1.807, 2.05) is 6.07 Å². The molecule has 2 nitrogen and oxygen atoms in total. The fourth-order valence-electron chi connectivity index (χ4n) is 1.27. The maximum absolute atomic E-state index is 13.3. The molecule has 0 atom stereocenters. The molecular formula is C13H6F2NO. The van der Waals surface area contributed by atoms with Gasteiger partial charge < -0.3 is 4.74 Å². The molecule has 0 aliphatic carbocycles. The van der Waals surface area contributed by atoms with Crippen LogP contribution in [0.1, 0.15) is 5.56 Å². The molecule has 0 bridgehead atoms. The quantitative estimate of drug-likeness (QED) is 0.791. The van der Waals surface area contributed by atoms with Crippen LogP contribution in [-0.2, 0) is 0 Å². The normalized spacial score (nSPS) is 9.71. The summed E-state index contributed by atoms with van der Waals surface area (Å²) in [5, 5.41) is 8.80. The maximum Gasteiger partial charge on any atom is 0.201 e. The van der Waals surface area contributed by atoms with Crippen LogP contribution in [-0.4, -0.2) is 0 Å². The van der Waals surface area contributed by atoms with Gasteiger partial charge in [-0.05, 0) is 30.3 Å². The van der Waals surface area contributed by atoms with E-state index in [1.165, 1.54) is 30.3 Å². The third-order valence-corrected chi connectivity index (χ3v) is 2.08. The van der Waals surface area contributed by atoms with E-state index < -0.39 is 11.6 Å². The van der Waals surface area contributed by atoms with Crippen LogP contribution < -0.4 is 4.74 Å². The van der Waals surface area contributed by atoms with Crippen molar-refractivity contribution in [3.8, 4) is 17.6 Å². The van der Waals surface area contributed by atoms with Gasteiger partial charge in [-0.2, -0.15) is 9.65 Å². The number of ether oxygens (including phenoxy) is 1. The molecule has 0 aliphatic heterocycles. The zero-order chi connectivity index (χ0) is 12.3. The highest BCUT2D eigenvalue weighted by Crippen LogP contribution is 2.27. The molecule has 83 valence electrons. The first-order valence-corrected chi connectivity index (χ1v) is 4.74. The third-order valence-electron chi connectivity index (χ3n) is 2.08. The highest BCUT2D eigenvalue weighted by atomic mass is 19.2. The molecule has 0 N–H and O–H groups in total. The number of nitrogens with zero attached hydrogens (tertiary/aromatic N) is 1. The minimum Gasteiger partial charge on any atom is -0.453 e. The lowest BCUT2D eigenvalue weighted by molar-refractivity contribution is 0.415. The van der Waals surface area contributed by atoms with Gasteiger partial charge in [-0.3, -0.25) is 0 Å². The van der Waals surface area contributed by atoms with Crippen LogP contribution in [0.3, 0.4) is 0 Å². The molecule has 2 aromatic carbocycles. The molecule has 0 aromatic heterocycles. The molecule has 0 unspecified atom stereocenters. The molecule has 0 spiro atoms. The Morgan fingerprint density at radius 1 is 1.18 bits per heavy atom. The average molecular weight is 230 g/mol. The zero-order valence-electron chi connectivity index (χ0n) is 8.58. The summed E-state index contributed by atoms with van der Waals surface area (Å²) < 4.78 is 31.4. The lowest BCUT2D eigenvalue weighted by Gasteiger charge is -2.07. The molecule has 4 heteroatoms. The first-order chi connectivity index (χ1) is 8.22. The number of benzene rings is 2. The summed E-state index contributed by atoms with van der Waals surface area (Å²) in [5.74, 6) is -2.17. The second kappa shape index (κ2) is 4.62. The van der Waals surface area contributed by atoms with Crippen molar-refractivity contribution in [3.63, 3.8) is 0 Å². The number of nitriles is 1. The van der Waals surface area contributed by atoms with Gasteiger partial charge in [-0.25, -0.2) is 4.39 Å². The first-order valence-electron chi connectivity index (χ1n) is 4.74. The number of halogens is 2. The Balaban J connectivity index is 2.39. The minimum absolute atomic E-state index is 0.163. The Morgan fingerprint density at radius 2 is 2.00 bits per heavy atom. The monoisotopic (exact) mass is 230 g/mol. The number of rotatable bonds is 2. The summed E-state index contributed by atoms with van der Waals surface area (Å²) >= 11 is 0. The highest BCUT2D eigenvalue weighted by Gasteiger charge is 2.11. The van der Waals surface area contributed by atoms with E-state index in [-0.39, 0.29) is 17.1 Å². The Morgan fingerprint density at radius 3 is 2.76 bits per heavy atom. The van der Waals surface area contributed by atoms with Crippen molar-refractivity contribution in [1.82, 2.24) is 0 Å². The predicted octanol–water partition coefficient (Wildman–Crippen LogP) is 3.43. The fraction of sp³-hybridized carbons (Fsp3) is 0. The predicted molar refractivity (Wildman–Crippen MR) is 56.4 cm³/mol. The van der Waals surface area contributed by atoms with Gasteiger partial charge in [0.05, 0.1) is 5.56 Å². The molecule has 2 aromatic rings. The van der Waals surface area contributed by atoms with E-state index in [0.29, 0.717) is 0 Å². The smallest absolute Gasteiger partial charge is 0.201 e. The van der Waals surface area contributed by atoms with E-state index >= 15 is 0 Å². The summed E-state index contributed by atoms with van der Waals surface area (Å²) in [6.07, 6.45) is 0. The Labute approximate surface area is 96.7 Å². The standard InChI is InChI=1S/C13H6F2NO/c14-10-5-3-7-12(13(10)15)17-11-6-2-1-4-9(11)8-16/h2-7H. The van der Waals surface area contributed by atoms with Gasteiger partial charge >= 0.3 is 0 Å². The van der Waals surface area contributed by atoms with Crippen LogP contribution in [0.15, 0.2) is 36.4 Å². The van der Waals surface area contributed by atoms with Crippen LogP contribution in [0.2, 0.25) is 0 Å². The molecular weight excluding hydrogens is 224 g/mol. The van der Waals surface area contributed by atoms with Crippen LogP contribution in [0.5, 0.6) is 11.5 Å². The minimum atomic E-state index is -1.08.